The van der Waals surface area contributed by atoms with Gasteiger partial charge in [0.1, 0.15) is 0 Å². The van der Waals surface area contributed by atoms with E-state index in [1.54, 1.807) is 7.11 Å². The van der Waals surface area contributed by atoms with Gasteiger partial charge in [-0.3, -0.25) is 4.68 Å². The lowest BCUT2D eigenvalue weighted by Crippen LogP contribution is -2.37. The molecule has 0 radical (unpaired) electrons. The minimum Gasteiger partial charge on any atom is -0.390 e. The maximum atomic E-state index is 10.5. The van der Waals surface area contributed by atoms with E-state index in [9.17, 15) is 5.11 Å². The van der Waals surface area contributed by atoms with Gasteiger partial charge in [-0.15, -0.1) is 0 Å². The lowest BCUT2D eigenvalue weighted by Gasteiger charge is -2.32. The molecule has 0 bridgehead atoms. The average molecular weight is 294 g/mol. The SMILES string of the molecule is CCC(C)n1ccc(CC(O)C(OC)C2CCCCC2)n1. The van der Waals surface area contributed by atoms with Gasteiger partial charge in [0.15, 0.2) is 0 Å². The van der Waals surface area contributed by atoms with Gasteiger partial charge >= 0.3 is 0 Å². The van der Waals surface area contributed by atoms with E-state index >= 15 is 0 Å². The van der Waals surface area contributed by atoms with Crippen LogP contribution in [-0.4, -0.2) is 34.2 Å². The Kier molecular flexibility index (Phi) is 6.24. The van der Waals surface area contributed by atoms with Crippen LogP contribution in [0.4, 0.5) is 0 Å². The molecule has 3 unspecified atom stereocenters. The van der Waals surface area contributed by atoms with Crippen molar-refractivity contribution in [1.82, 2.24) is 9.78 Å². The van der Waals surface area contributed by atoms with Gasteiger partial charge in [-0.25, -0.2) is 0 Å². The zero-order valence-electron chi connectivity index (χ0n) is 13.7. The minimum atomic E-state index is -0.460. The number of rotatable bonds is 7. The van der Waals surface area contributed by atoms with Crippen molar-refractivity contribution >= 4 is 0 Å². The molecule has 1 fully saturated rings. The lowest BCUT2D eigenvalue weighted by atomic mass is 9.82. The summed E-state index contributed by atoms with van der Waals surface area (Å²) in [5.41, 5.74) is 0.959. The van der Waals surface area contributed by atoms with E-state index < -0.39 is 6.10 Å². The van der Waals surface area contributed by atoms with Crippen LogP contribution < -0.4 is 0 Å². The molecular formula is C17H30N2O2. The van der Waals surface area contributed by atoms with Gasteiger partial charge in [0.25, 0.3) is 0 Å². The van der Waals surface area contributed by atoms with Crippen LogP contribution in [0.15, 0.2) is 12.3 Å². The largest absolute Gasteiger partial charge is 0.390 e. The number of aromatic nitrogens is 2. The fraction of sp³-hybridized carbons (Fsp3) is 0.824. The number of aliphatic hydroxyl groups excluding tert-OH is 1. The van der Waals surface area contributed by atoms with Gasteiger partial charge in [-0.2, -0.15) is 5.10 Å². The van der Waals surface area contributed by atoms with Gasteiger partial charge in [-0.05, 0) is 38.2 Å². The molecule has 0 spiro atoms. The van der Waals surface area contributed by atoms with E-state index in [0.717, 1.165) is 12.1 Å². The van der Waals surface area contributed by atoms with Crippen LogP contribution in [0.2, 0.25) is 0 Å². The van der Waals surface area contributed by atoms with E-state index in [1.165, 1.54) is 32.1 Å². The predicted octanol–water partition coefficient (Wildman–Crippen LogP) is 3.35. The highest BCUT2D eigenvalue weighted by Gasteiger charge is 2.30. The van der Waals surface area contributed by atoms with Crippen LogP contribution in [0.3, 0.4) is 0 Å². The highest BCUT2D eigenvalue weighted by atomic mass is 16.5. The van der Waals surface area contributed by atoms with Crippen molar-refractivity contribution in [3.8, 4) is 0 Å². The summed E-state index contributed by atoms with van der Waals surface area (Å²) in [6, 6.07) is 2.43. The van der Waals surface area contributed by atoms with E-state index in [4.69, 9.17) is 4.74 Å². The molecule has 1 N–H and O–H groups in total. The molecule has 1 aliphatic rings. The molecule has 0 aliphatic heterocycles. The molecule has 1 aromatic heterocycles. The monoisotopic (exact) mass is 294 g/mol. The first-order chi connectivity index (χ1) is 10.2. The molecule has 4 heteroatoms. The molecule has 21 heavy (non-hydrogen) atoms. The fourth-order valence-corrected chi connectivity index (χ4v) is 3.38. The first kappa shape index (κ1) is 16.5. The van der Waals surface area contributed by atoms with Gasteiger partial charge in [0.2, 0.25) is 0 Å². The summed E-state index contributed by atoms with van der Waals surface area (Å²) in [5.74, 6) is 0.496. The number of nitrogens with zero attached hydrogens (tertiary/aromatic N) is 2. The van der Waals surface area contributed by atoms with E-state index in [0.29, 0.717) is 18.4 Å². The van der Waals surface area contributed by atoms with Crippen molar-refractivity contribution < 1.29 is 9.84 Å². The minimum absolute atomic E-state index is 0.0564. The summed E-state index contributed by atoms with van der Waals surface area (Å²) in [7, 11) is 1.72. The Morgan fingerprint density at radius 3 is 2.71 bits per heavy atom. The smallest absolute Gasteiger partial charge is 0.0862 e. The molecule has 0 amide bonds. The summed E-state index contributed by atoms with van der Waals surface area (Å²) in [5, 5.41) is 15.1. The Morgan fingerprint density at radius 1 is 1.38 bits per heavy atom. The van der Waals surface area contributed by atoms with Crippen LogP contribution in [0.25, 0.3) is 0 Å². The van der Waals surface area contributed by atoms with Crippen molar-refractivity contribution in [3.63, 3.8) is 0 Å². The number of hydrogen-bond donors (Lipinski definition) is 1. The third kappa shape index (κ3) is 4.30. The summed E-state index contributed by atoms with van der Waals surface area (Å²) in [6.45, 7) is 4.32. The Labute approximate surface area is 128 Å². The van der Waals surface area contributed by atoms with Gasteiger partial charge in [0.05, 0.1) is 17.9 Å². The van der Waals surface area contributed by atoms with Crippen LogP contribution >= 0.6 is 0 Å². The fourth-order valence-electron chi connectivity index (χ4n) is 3.38. The van der Waals surface area contributed by atoms with E-state index in [1.807, 2.05) is 16.9 Å². The lowest BCUT2D eigenvalue weighted by molar-refractivity contribution is -0.0539. The van der Waals surface area contributed by atoms with Crippen LogP contribution in [-0.2, 0) is 11.2 Å². The molecule has 0 saturated heterocycles. The highest BCUT2D eigenvalue weighted by molar-refractivity contribution is 5.02. The zero-order valence-corrected chi connectivity index (χ0v) is 13.7. The highest BCUT2D eigenvalue weighted by Crippen LogP contribution is 2.30. The molecule has 1 heterocycles. The second kappa shape index (κ2) is 7.95. The number of aliphatic hydroxyl groups is 1. The Hall–Kier alpha value is -0.870. The molecule has 2 rings (SSSR count). The average Bonchev–Trinajstić information content (AvgIpc) is 2.96. The molecule has 1 saturated carbocycles. The summed E-state index contributed by atoms with van der Waals surface area (Å²) in [4.78, 5) is 0. The number of methoxy groups -OCH3 is 1. The second-order valence-electron chi connectivity index (χ2n) is 6.41. The molecule has 120 valence electrons. The third-order valence-electron chi connectivity index (χ3n) is 4.89. The molecule has 1 aliphatic carbocycles. The Bertz CT molecular complexity index is 413. The zero-order chi connectivity index (χ0) is 15.2. The number of ether oxygens (including phenoxy) is 1. The van der Waals surface area contributed by atoms with Crippen molar-refractivity contribution in [2.45, 2.75) is 77.0 Å². The first-order valence-electron chi connectivity index (χ1n) is 8.40. The van der Waals surface area contributed by atoms with Crippen LogP contribution in [0.5, 0.6) is 0 Å². The topological polar surface area (TPSA) is 47.3 Å². The summed E-state index contributed by atoms with van der Waals surface area (Å²) in [6.07, 6.45) is 9.34. The van der Waals surface area contributed by atoms with Crippen molar-refractivity contribution in [2.24, 2.45) is 5.92 Å². The van der Waals surface area contributed by atoms with Crippen LogP contribution in [0, 0.1) is 5.92 Å². The molecular weight excluding hydrogens is 264 g/mol. The maximum Gasteiger partial charge on any atom is 0.0862 e. The summed E-state index contributed by atoms with van der Waals surface area (Å²) < 4.78 is 7.61. The van der Waals surface area contributed by atoms with Gasteiger partial charge < -0.3 is 9.84 Å². The van der Waals surface area contributed by atoms with Gasteiger partial charge in [-0.1, -0.05) is 26.2 Å². The Balaban J connectivity index is 1.95. The normalized spacial score (nSPS) is 21.1. The second-order valence-corrected chi connectivity index (χ2v) is 6.41. The molecule has 4 nitrogen and oxygen atoms in total. The van der Waals surface area contributed by atoms with E-state index in [-0.39, 0.29) is 6.10 Å². The third-order valence-corrected chi connectivity index (χ3v) is 4.89. The van der Waals surface area contributed by atoms with Crippen molar-refractivity contribution in [2.75, 3.05) is 7.11 Å². The standard InChI is InChI=1S/C17H30N2O2/c1-4-13(2)19-11-10-15(18-19)12-16(20)17(21-3)14-8-6-5-7-9-14/h10-11,13-14,16-17,20H,4-9,12H2,1-3H3. The quantitative estimate of drug-likeness (QED) is 0.839. The number of hydrogen-bond acceptors (Lipinski definition) is 3. The molecule has 0 aromatic carbocycles. The van der Waals surface area contributed by atoms with Crippen molar-refractivity contribution in [1.29, 1.82) is 0 Å². The molecule has 1 aromatic rings. The van der Waals surface area contributed by atoms with Crippen molar-refractivity contribution in [3.05, 3.63) is 18.0 Å². The van der Waals surface area contributed by atoms with Gasteiger partial charge in [0, 0.05) is 25.8 Å². The molecule has 3 atom stereocenters. The maximum absolute atomic E-state index is 10.5. The van der Waals surface area contributed by atoms with Crippen LogP contribution in [0.1, 0.15) is 64.1 Å². The summed E-state index contributed by atoms with van der Waals surface area (Å²) >= 11 is 0. The predicted molar refractivity (Wildman–Crippen MR) is 84.3 cm³/mol. The first-order valence-corrected chi connectivity index (χ1v) is 8.40. The Morgan fingerprint density at radius 2 is 2.10 bits per heavy atom. The van der Waals surface area contributed by atoms with E-state index in [2.05, 4.69) is 18.9 Å².